The fourth-order valence-electron chi connectivity index (χ4n) is 2.11. The number of rotatable bonds is 5. The Labute approximate surface area is 140 Å². The molecule has 0 bridgehead atoms. The van der Waals surface area contributed by atoms with Gasteiger partial charge >= 0.3 is 12.1 Å². The van der Waals surface area contributed by atoms with E-state index in [1.807, 2.05) is 0 Å². The van der Waals surface area contributed by atoms with Gasteiger partial charge in [-0.1, -0.05) is 12.1 Å². The third-order valence-corrected chi connectivity index (χ3v) is 3.43. The van der Waals surface area contributed by atoms with Gasteiger partial charge in [-0.05, 0) is 42.0 Å². The highest BCUT2D eigenvalue weighted by Crippen LogP contribution is 2.29. The van der Waals surface area contributed by atoms with Crippen LogP contribution in [0, 0.1) is 5.82 Å². The van der Waals surface area contributed by atoms with Crippen molar-refractivity contribution in [3.8, 4) is 0 Å². The highest BCUT2D eigenvalue weighted by atomic mass is 19.4. The lowest BCUT2D eigenvalue weighted by atomic mass is 10.0. The molecule has 0 unspecified atom stereocenters. The number of carbonyl (C=O) groups excluding carboxylic acids is 1. The van der Waals surface area contributed by atoms with Gasteiger partial charge in [-0.2, -0.15) is 13.2 Å². The highest BCUT2D eigenvalue weighted by molar-refractivity contribution is 5.96. The van der Waals surface area contributed by atoms with Gasteiger partial charge in [0.25, 0.3) is 5.91 Å². The molecule has 25 heavy (non-hydrogen) atoms. The Morgan fingerprint density at radius 2 is 1.56 bits per heavy atom. The van der Waals surface area contributed by atoms with Crippen molar-refractivity contribution in [1.82, 2.24) is 5.32 Å². The molecule has 0 spiro atoms. The summed E-state index contributed by atoms with van der Waals surface area (Å²) in [6.07, 6.45) is -4.62. The molecule has 0 aliphatic rings. The van der Waals surface area contributed by atoms with E-state index in [2.05, 4.69) is 5.32 Å². The molecule has 1 atom stereocenters. The van der Waals surface area contributed by atoms with Crippen molar-refractivity contribution in [2.75, 3.05) is 0 Å². The van der Waals surface area contributed by atoms with Gasteiger partial charge in [-0.25, -0.2) is 9.18 Å². The number of carboxylic acids is 1. The lowest BCUT2D eigenvalue weighted by molar-refractivity contribution is -0.139. The minimum absolute atomic E-state index is 0.0952. The molecule has 2 rings (SSSR count). The van der Waals surface area contributed by atoms with Crippen LogP contribution in [0.4, 0.5) is 17.6 Å². The van der Waals surface area contributed by atoms with Crippen LogP contribution >= 0.6 is 0 Å². The normalized spacial score (nSPS) is 12.5. The molecular weight excluding hydrogens is 342 g/mol. The molecule has 2 N–H and O–H groups in total. The Morgan fingerprint density at radius 1 is 1.00 bits per heavy atom. The molecule has 2 aromatic rings. The molecule has 0 heterocycles. The van der Waals surface area contributed by atoms with Crippen LogP contribution < -0.4 is 5.32 Å². The number of benzene rings is 2. The number of aliphatic carboxylic acids is 1. The summed E-state index contributed by atoms with van der Waals surface area (Å²) in [5.41, 5.74) is -0.523. The van der Waals surface area contributed by atoms with Crippen molar-refractivity contribution >= 4 is 11.9 Å². The molecule has 1 amide bonds. The second kappa shape index (κ2) is 7.33. The van der Waals surface area contributed by atoms with Crippen molar-refractivity contribution in [3.05, 3.63) is 71.0 Å². The summed E-state index contributed by atoms with van der Waals surface area (Å²) in [5.74, 6) is -2.61. The summed E-state index contributed by atoms with van der Waals surface area (Å²) in [6, 6.07) is 7.20. The van der Waals surface area contributed by atoms with Crippen LogP contribution in [0.25, 0.3) is 0 Å². The van der Waals surface area contributed by atoms with Gasteiger partial charge in [0, 0.05) is 12.0 Å². The molecule has 0 radical (unpaired) electrons. The first-order valence-electron chi connectivity index (χ1n) is 7.12. The monoisotopic (exact) mass is 355 g/mol. The van der Waals surface area contributed by atoms with Crippen molar-refractivity contribution in [2.24, 2.45) is 0 Å². The third-order valence-electron chi connectivity index (χ3n) is 3.43. The van der Waals surface area contributed by atoms with Gasteiger partial charge in [-0.15, -0.1) is 0 Å². The van der Waals surface area contributed by atoms with Gasteiger partial charge < -0.3 is 10.4 Å². The molecule has 4 nitrogen and oxygen atoms in total. The van der Waals surface area contributed by atoms with E-state index in [4.69, 9.17) is 0 Å². The topological polar surface area (TPSA) is 66.4 Å². The maximum Gasteiger partial charge on any atom is 0.416 e. The van der Waals surface area contributed by atoms with Gasteiger partial charge in [0.2, 0.25) is 0 Å². The van der Waals surface area contributed by atoms with Crippen LogP contribution in [0.15, 0.2) is 48.5 Å². The van der Waals surface area contributed by atoms with E-state index in [9.17, 15) is 32.3 Å². The van der Waals surface area contributed by atoms with Crippen LogP contribution in [-0.4, -0.2) is 23.0 Å². The molecule has 0 aliphatic carbocycles. The number of hydrogen-bond donors (Lipinski definition) is 2. The zero-order valence-electron chi connectivity index (χ0n) is 12.7. The summed E-state index contributed by atoms with van der Waals surface area (Å²) < 4.78 is 50.4. The predicted octanol–water partition coefficient (Wildman–Crippen LogP) is 3.27. The molecule has 0 saturated carbocycles. The van der Waals surface area contributed by atoms with Crippen LogP contribution in [0.3, 0.4) is 0 Å². The number of hydrogen-bond acceptors (Lipinski definition) is 2. The smallest absolute Gasteiger partial charge is 0.416 e. The molecular formula is C17H13F4NO3. The first-order valence-corrected chi connectivity index (χ1v) is 7.12. The number of alkyl halides is 3. The number of amides is 1. The Morgan fingerprint density at radius 3 is 2.04 bits per heavy atom. The summed E-state index contributed by atoms with van der Waals surface area (Å²) in [4.78, 5) is 23.3. The first-order chi connectivity index (χ1) is 11.7. The first kappa shape index (κ1) is 18.4. The van der Waals surface area contributed by atoms with Crippen molar-refractivity contribution < 1.29 is 32.3 Å². The lowest BCUT2D eigenvalue weighted by Gasteiger charge is -2.15. The molecule has 0 saturated heterocycles. The molecule has 0 aliphatic heterocycles. The number of carbonyl (C=O) groups is 2. The summed E-state index contributed by atoms with van der Waals surface area (Å²) in [7, 11) is 0. The van der Waals surface area contributed by atoms with Crippen LogP contribution in [0.5, 0.6) is 0 Å². The second-order valence-electron chi connectivity index (χ2n) is 5.27. The average molecular weight is 355 g/mol. The zero-order chi connectivity index (χ0) is 18.6. The van der Waals surface area contributed by atoms with E-state index < -0.39 is 35.5 Å². The SMILES string of the molecule is O=C(N[C@@H](Cc1ccc(F)cc1)C(=O)O)c1ccc(C(F)(F)F)cc1. The predicted molar refractivity (Wildman–Crippen MR) is 80.4 cm³/mol. The van der Waals surface area contributed by atoms with Crippen molar-refractivity contribution in [2.45, 2.75) is 18.6 Å². The molecule has 8 heteroatoms. The summed E-state index contributed by atoms with van der Waals surface area (Å²) >= 11 is 0. The van der Waals surface area contributed by atoms with E-state index in [1.165, 1.54) is 12.1 Å². The van der Waals surface area contributed by atoms with E-state index in [0.29, 0.717) is 5.56 Å². The number of nitrogens with one attached hydrogen (secondary N) is 1. The molecule has 132 valence electrons. The van der Waals surface area contributed by atoms with Crippen molar-refractivity contribution in [3.63, 3.8) is 0 Å². The fourth-order valence-corrected chi connectivity index (χ4v) is 2.11. The van der Waals surface area contributed by atoms with Crippen LogP contribution in [-0.2, 0) is 17.4 Å². The van der Waals surface area contributed by atoms with Gasteiger partial charge in [0.1, 0.15) is 11.9 Å². The van der Waals surface area contributed by atoms with E-state index in [-0.39, 0.29) is 12.0 Å². The largest absolute Gasteiger partial charge is 0.480 e. The van der Waals surface area contributed by atoms with Crippen molar-refractivity contribution in [1.29, 1.82) is 0 Å². The second-order valence-corrected chi connectivity index (χ2v) is 5.27. The number of carboxylic acid groups (broad SMARTS) is 1. The van der Waals surface area contributed by atoms with E-state index in [0.717, 1.165) is 36.4 Å². The van der Waals surface area contributed by atoms with Gasteiger partial charge in [0.05, 0.1) is 5.56 Å². The highest BCUT2D eigenvalue weighted by Gasteiger charge is 2.30. The standard InChI is InChI=1S/C17H13F4NO3/c18-13-7-1-10(2-8-13)9-14(16(24)25)22-15(23)11-3-5-12(6-4-11)17(19,20)21/h1-8,14H,9H2,(H,22,23)(H,24,25)/t14-/m0/s1. The quantitative estimate of drug-likeness (QED) is 0.809. The fraction of sp³-hybridized carbons (Fsp3) is 0.176. The third kappa shape index (κ3) is 5.03. The molecule has 2 aromatic carbocycles. The van der Waals surface area contributed by atoms with Gasteiger partial charge in [-0.3, -0.25) is 4.79 Å². The Hall–Kier alpha value is -2.90. The zero-order valence-corrected chi connectivity index (χ0v) is 12.7. The Kier molecular flexibility index (Phi) is 5.41. The van der Waals surface area contributed by atoms with Gasteiger partial charge in [0.15, 0.2) is 0 Å². The van der Waals surface area contributed by atoms with E-state index in [1.54, 1.807) is 0 Å². The Balaban J connectivity index is 2.09. The average Bonchev–Trinajstić information content (AvgIpc) is 2.55. The van der Waals surface area contributed by atoms with E-state index >= 15 is 0 Å². The molecule has 0 fully saturated rings. The summed E-state index contributed by atoms with van der Waals surface area (Å²) in [6.45, 7) is 0. The lowest BCUT2D eigenvalue weighted by Crippen LogP contribution is -2.42. The number of halogens is 4. The minimum Gasteiger partial charge on any atom is -0.480 e. The maximum atomic E-state index is 12.9. The van der Waals surface area contributed by atoms with Crippen LogP contribution in [0.2, 0.25) is 0 Å². The Bertz CT molecular complexity index is 755. The molecule has 0 aromatic heterocycles. The maximum absolute atomic E-state index is 12.9. The summed E-state index contributed by atoms with van der Waals surface area (Å²) in [5, 5.41) is 11.4. The van der Waals surface area contributed by atoms with Crippen LogP contribution in [0.1, 0.15) is 21.5 Å². The minimum atomic E-state index is -4.53.